The van der Waals surface area contributed by atoms with Gasteiger partial charge in [-0.05, 0) is 25.2 Å². The lowest BCUT2D eigenvalue weighted by Crippen LogP contribution is -2.29. The Morgan fingerprint density at radius 1 is 1.36 bits per heavy atom. The summed E-state index contributed by atoms with van der Waals surface area (Å²) in [5, 5.41) is 1.81. The van der Waals surface area contributed by atoms with Crippen LogP contribution in [0, 0.1) is 5.92 Å². The van der Waals surface area contributed by atoms with Crippen LogP contribution in [0.2, 0.25) is 19.6 Å². The molecular weight excluding hydrogens is 148 g/mol. The molecule has 0 aromatic rings. The standard InChI is InChI=1S/C10H20Si/c1-9-7-5-6-8-10(9)11(2,3)4/h8-9H,5-7H2,1-4H3/t9-/m0/s1. The van der Waals surface area contributed by atoms with Crippen molar-refractivity contribution in [3.8, 4) is 0 Å². The minimum atomic E-state index is -0.958. The highest BCUT2D eigenvalue weighted by molar-refractivity contribution is 6.83. The van der Waals surface area contributed by atoms with Crippen LogP contribution in [0.25, 0.3) is 0 Å². The summed E-state index contributed by atoms with van der Waals surface area (Å²) in [6, 6.07) is 0. The van der Waals surface area contributed by atoms with E-state index in [9.17, 15) is 0 Å². The Morgan fingerprint density at radius 2 is 2.00 bits per heavy atom. The molecule has 0 amide bonds. The normalized spacial score (nSPS) is 26.5. The Bertz CT molecular complexity index is 162. The van der Waals surface area contributed by atoms with Crippen molar-refractivity contribution >= 4 is 8.07 Å². The molecule has 0 unspecified atom stereocenters. The van der Waals surface area contributed by atoms with E-state index >= 15 is 0 Å². The molecule has 0 aliphatic heterocycles. The van der Waals surface area contributed by atoms with Gasteiger partial charge in [0.05, 0.1) is 8.07 Å². The van der Waals surface area contributed by atoms with Crippen LogP contribution in [-0.4, -0.2) is 8.07 Å². The van der Waals surface area contributed by atoms with E-state index < -0.39 is 8.07 Å². The third-order valence-electron chi connectivity index (χ3n) is 2.60. The minimum Gasteiger partial charge on any atom is -0.0889 e. The summed E-state index contributed by atoms with van der Waals surface area (Å²) in [5.41, 5.74) is 0. The third kappa shape index (κ3) is 2.19. The molecule has 0 heterocycles. The Labute approximate surface area is 71.7 Å². The molecule has 64 valence electrons. The number of hydrogen-bond acceptors (Lipinski definition) is 0. The highest BCUT2D eigenvalue weighted by atomic mass is 28.3. The van der Waals surface area contributed by atoms with Gasteiger partial charge in [0.1, 0.15) is 0 Å². The zero-order valence-electron chi connectivity index (χ0n) is 8.28. The van der Waals surface area contributed by atoms with Gasteiger partial charge in [0.15, 0.2) is 0 Å². The van der Waals surface area contributed by atoms with E-state index in [1.54, 1.807) is 0 Å². The Kier molecular flexibility index (Phi) is 2.58. The van der Waals surface area contributed by atoms with Gasteiger partial charge < -0.3 is 0 Å². The topological polar surface area (TPSA) is 0 Å². The fraction of sp³-hybridized carbons (Fsp3) is 0.800. The molecule has 1 heteroatoms. The first-order valence-corrected chi connectivity index (χ1v) is 8.22. The van der Waals surface area contributed by atoms with E-state index in [0.717, 1.165) is 5.92 Å². The molecule has 1 rings (SSSR count). The lowest BCUT2D eigenvalue weighted by atomic mass is 9.97. The van der Waals surface area contributed by atoms with E-state index in [0.29, 0.717) is 0 Å². The molecule has 0 aromatic heterocycles. The molecule has 0 fully saturated rings. The summed E-state index contributed by atoms with van der Waals surface area (Å²) >= 11 is 0. The molecule has 0 nitrogen and oxygen atoms in total. The van der Waals surface area contributed by atoms with Crippen molar-refractivity contribution in [2.24, 2.45) is 5.92 Å². The fourth-order valence-corrected chi connectivity index (χ4v) is 4.46. The van der Waals surface area contributed by atoms with E-state index in [1.807, 2.05) is 5.20 Å². The Hall–Kier alpha value is -0.0431. The maximum absolute atomic E-state index is 2.51. The van der Waals surface area contributed by atoms with Crippen molar-refractivity contribution in [3.63, 3.8) is 0 Å². The van der Waals surface area contributed by atoms with Crippen molar-refractivity contribution in [1.82, 2.24) is 0 Å². The third-order valence-corrected chi connectivity index (χ3v) is 5.03. The van der Waals surface area contributed by atoms with Gasteiger partial charge in [0.2, 0.25) is 0 Å². The molecule has 0 saturated heterocycles. The van der Waals surface area contributed by atoms with Crippen molar-refractivity contribution in [2.75, 3.05) is 0 Å². The van der Waals surface area contributed by atoms with Crippen LogP contribution >= 0.6 is 0 Å². The van der Waals surface area contributed by atoms with Crippen LogP contribution in [-0.2, 0) is 0 Å². The summed E-state index contributed by atoms with van der Waals surface area (Å²) in [7, 11) is -0.958. The molecule has 0 spiro atoms. The first-order valence-electron chi connectivity index (χ1n) is 4.72. The van der Waals surface area contributed by atoms with Gasteiger partial charge in [0.25, 0.3) is 0 Å². The molecule has 1 aliphatic rings. The first kappa shape index (κ1) is 9.05. The van der Waals surface area contributed by atoms with Gasteiger partial charge in [-0.2, -0.15) is 0 Å². The summed E-state index contributed by atoms with van der Waals surface area (Å²) in [4.78, 5) is 0. The predicted octanol–water partition coefficient (Wildman–Crippen LogP) is 3.61. The van der Waals surface area contributed by atoms with Gasteiger partial charge >= 0.3 is 0 Å². The SMILES string of the molecule is C[C@H]1CCCC=C1[Si](C)(C)C. The molecule has 0 aromatic carbocycles. The molecule has 11 heavy (non-hydrogen) atoms. The number of hydrogen-bond donors (Lipinski definition) is 0. The van der Waals surface area contributed by atoms with Crippen LogP contribution in [0.4, 0.5) is 0 Å². The highest BCUT2D eigenvalue weighted by Gasteiger charge is 2.25. The number of rotatable bonds is 1. The Morgan fingerprint density at radius 3 is 2.36 bits per heavy atom. The lowest BCUT2D eigenvalue weighted by molar-refractivity contribution is 0.569. The molecule has 1 atom stereocenters. The van der Waals surface area contributed by atoms with Gasteiger partial charge in [-0.1, -0.05) is 37.8 Å². The first-order chi connectivity index (χ1) is 5.02. The quantitative estimate of drug-likeness (QED) is 0.525. The van der Waals surface area contributed by atoms with Crippen molar-refractivity contribution in [2.45, 2.75) is 45.8 Å². The summed E-state index contributed by atoms with van der Waals surface area (Å²) < 4.78 is 0. The molecule has 0 saturated carbocycles. The minimum absolute atomic E-state index is 0.885. The largest absolute Gasteiger partial charge is 0.0889 e. The van der Waals surface area contributed by atoms with Crippen LogP contribution in [0.5, 0.6) is 0 Å². The molecule has 0 bridgehead atoms. The number of allylic oxidation sites excluding steroid dienone is 2. The summed E-state index contributed by atoms with van der Waals surface area (Å²) in [6.07, 6.45) is 6.69. The molecule has 0 N–H and O–H groups in total. The Balaban J connectivity index is 2.76. The van der Waals surface area contributed by atoms with Crippen molar-refractivity contribution < 1.29 is 0 Å². The van der Waals surface area contributed by atoms with Crippen molar-refractivity contribution in [1.29, 1.82) is 0 Å². The zero-order chi connectivity index (χ0) is 8.48. The summed E-state index contributed by atoms with van der Waals surface area (Å²) in [5.74, 6) is 0.885. The van der Waals surface area contributed by atoms with Crippen molar-refractivity contribution in [3.05, 3.63) is 11.3 Å². The second kappa shape index (κ2) is 3.14. The van der Waals surface area contributed by atoms with Gasteiger partial charge in [-0.25, -0.2) is 0 Å². The average Bonchev–Trinajstić information content (AvgIpc) is 1.86. The van der Waals surface area contributed by atoms with E-state index in [2.05, 4.69) is 32.6 Å². The van der Waals surface area contributed by atoms with E-state index in [-0.39, 0.29) is 0 Å². The zero-order valence-corrected chi connectivity index (χ0v) is 9.28. The smallest absolute Gasteiger partial charge is 0.0723 e. The molecule has 0 radical (unpaired) electrons. The highest BCUT2D eigenvalue weighted by Crippen LogP contribution is 2.30. The lowest BCUT2D eigenvalue weighted by Gasteiger charge is -2.29. The van der Waals surface area contributed by atoms with Gasteiger partial charge in [-0.3, -0.25) is 0 Å². The van der Waals surface area contributed by atoms with Crippen LogP contribution < -0.4 is 0 Å². The molecule has 1 aliphatic carbocycles. The van der Waals surface area contributed by atoms with Crippen LogP contribution in [0.1, 0.15) is 26.2 Å². The van der Waals surface area contributed by atoms with E-state index in [4.69, 9.17) is 0 Å². The maximum Gasteiger partial charge on any atom is 0.0723 e. The van der Waals surface area contributed by atoms with Gasteiger partial charge in [-0.15, -0.1) is 0 Å². The van der Waals surface area contributed by atoms with Gasteiger partial charge in [0, 0.05) is 0 Å². The average molecular weight is 168 g/mol. The second-order valence-electron chi connectivity index (χ2n) is 4.74. The van der Waals surface area contributed by atoms with Crippen LogP contribution in [0.15, 0.2) is 11.3 Å². The second-order valence-corrected chi connectivity index (χ2v) is 9.82. The molecular formula is C10H20Si. The predicted molar refractivity (Wildman–Crippen MR) is 54.4 cm³/mol. The fourth-order valence-electron chi connectivity index (χ4n) is 2.08. The van der Waals surface area contributed by atoms with E-state index in [1.165, 1.54) is 19.3 Å². The maximum atomic E-state index is 2.51. The van der Waals surface area contributed by atoms with Crippen LogP contribution in [0.3, 0.4) is 0 Å². The monoisotopic (exact) mass is 168 g/mol. The summed E-state index contributed by atoms with van der Waals surface area (Å²) in [6.45, 7) is 9.77.